The molecule has 208 valence electrons. The van der Waals surface area contributed by atoms with E-state index in [1.54, 1.807) is 0 Å². The average Bonchev–Trinajstić information content (AvgIpc) is 2.67. The molecule has 0 bridgehead atoms. The van der Waals surface area contributed by atoms with Crippen LogP contribution >= 0.6 is 0 Å². The topological polar surface area (TPSA) is 437 Å². The van der Waals surface area contributed by atoms with Crippen LogP contribution in [0.15, 0.2) is 0 Å². The zero-order valence-electron chi connectivity index (χ0n) is 20.1. The molecule has 20 nitrogen and oxygen atoms in total. The van der Waals surface area contributed by atoms with E-state index in [9.17, 15) is 58.8 Å². The van der Waals surface area contributed by atoms with Gasteiger partial charge in [0.05, 0.1) is 48.0 Å². The normalized spacial score (nSPS) is 11.9. The van der Waals surface area contributed by atoms with Gasteiger partial charge in [-0.1, -0.05) is 0 Å². The Morgan fingerprint density at radius 3 is 0.526 bits per heavy atom. The summed E-state index contributed by atoms with van der Waals surface area (Å²) in [6, 6.07) is -5.10. The fraction of sp³-hybridized carbons (Fsp3) is 0.500. The summed E-state index contributed by atoms with van der Waals surface area (Å²) >= 11 is 0. The summed E-state index contributed by atoms with van der Waals surface area (Å²) in [5.74, 6) is -8.83. The van der Waals surface area contributed by atoms with Gasteiger partial charge >= 0.3 is 46.1 Å². The summed E-state index contributed by atoms with van der Waals surface area (Å²) < 4.78 is 0. The Labute approximate surface area is 247 Å². The molecule has 0 unspecified atom stereocenters. The minimum absolute atomic E-state index is 0. The maximum atomic E-state index is 9.97. The number of hydrogen-bond acceptors (Lipinski definition) is 16. The molecule has 16 N–H and O–H groups in total. The fourth-order valence-electron chi connectivity index (χ4n) is 1.20. The third-order valence-corrected chi connectivity index (χ3v) is 2.90. The number of hydrogen-bond donors (Lipinski definition) is 8. The summed E-state index contributed by atoms with van der Waals surface area (Å²) in [6.07, 6.45) is -1.49. The molecule has 0 aromatic rings. The number of carbonyl (C=O) groups is 8. The largest absolute Gasteiger partial charge is 2.00 e. The van der Waals surface area contributed by atoms with Gasteiger partial charge in [0.15, 0.2) is 0 Å². The minimum atomic E-state index is -1.46. The number of carboxylic acids is 4. The second-order valence-electron chi connectivity index (χ2n) is 6.38. The number of carbonyl (C=O) groups excluding carboxylic acids is 8. The minimum Gasteiger partial charge on any atom is -0.548 e. The number of primary amides is 4. The number of rotatable bonds is 12. The van der Waals surface area contributed by atoms with E-state index in [0.29, 0.717) is 0 Å². The monoisotopic (exact) mass is 572 g/mol. The van der Waals surface area contributed by atoms with Crippen LogP contribution in [0.25, 0.3) is 0 Å². The molecule has 0 radical (unpaired) electrons. The van der Waals surface area contributed by atoms with Gasteiger partial charge in [-0.2, -0.15) is 0 Å². The van der Waals surface area contributed by atoms with Gasteiger partial charge in [0.25, 0.3) is 0 Å². The first-order valence-electron chi connectivity index (χ1n) is 9.14. The van der Waals surface area contributed by atoms with Crippen molar-refractivity contribution >= 4 is 93.6 Å². The zero-order valence-corrected chi connectivity index (χ0v) is 22.9. The van der Waals surface area contributed by atoms with E-state index in [1.807, 2.05) is 0 Å². The van der Waals surface area contributed by atoms with Crippen LogP contribution in [0.4, 0.5) is 0 Å². The van der Waals surface area contributed by atoms with Crippen LogP contribution in [0.5, 0.6) is 0 Å². The SMILES string of the molecule is NC(=O)C[C@H](N)C(=O)[O-].NC(=O)C[C@H](N)C(=O)[O-].NC(=O)C[C@H](N)C(=O)[O-].NC(=O)C[C@H](N)C(=O)[O-].[Mg+2].[Mg+2]. The van der Waals surface area contributed by atoms with Crippen molar-refractivity contribution in [2.24, 2.45) is 45.9 Å². The molecule has 0 rings (SSSR count). The first-order valence-corrected chi connectivity index (χ1v) is 9.14. The third kappa shape index (κ3) is 40.3. The summed E-state index contributed by atoms with van der Waals surface area (Å²) in [7, 11) is 0. The zero-order chi connectivity index (χ0) is 29.8. The molecular formula is C16H28Mg2N8O12. The van der Waals surface area contributed by atoms with Gasteiger partial charge < -0.3 is 85.5 Å². The van der Waals surface area contributed by atoms with Crippen LogP contribution < -0.4 is 66.3 Å². The van der Waals surface area contributed by atoms with Crippen LogP contribution in [0.1, 0.15) is 25.7 Å². The molecule has 0 aliphatic heterocycles. The van der Waals surface area contributed by atoms with E-state index < -0.39 is 71.7 Å². The molecule has 4 amide bonds. The Morgan fingerprint density at radius 1 is 0.395 bits per heavy atom. The second-order valence-corrected chi connectivity index (χ2v) is 6.38. The van der Waals surface area contributed by atoms with Crippen LogP contribution in [0.2, 0.25) is 0 Å². The van der Waals surface area contributed by atoms with Gasteiger partial charge in [-0.05, 0) is 0 Å². The Morgan fingerprint density at radius 2 is 0.500 bits per heavy atom. The first-order chi connectivity index (χ1) is 16.1. The molecule has 0 saturated carbocycles. The molecular weight excluding hydrogens is 545 g/mol. The molecule has 0 heterocycles. The van der Waals surface area contributed by atoms with Gasteiger partial charge in [-0.25, -0.2) is 0 Å². The maximum absolute atomic E-state index is 9.97. The number of aliphatic carboxylic acids is 4. The molecule has 22 heteroatoms. The molecule has 0 spiro atoms. The Hall–Kier alpha value is -2.87. The number of amides is 4. The van der Waals surface area contributed by atoms with Gasteiger partial charge in [0.2, 0.25) is 23.6 Å². The van der Waals surface area contributed by atoms with E-state index in [-0.39, 0.29) is 71.8 Å². The molecule has 4 atom stereocenters. The van der Waals surface area contributed by atoms with Crippen molar-refractivity contribution < 1.29 is 58.8 Å². The smallest absolute Gasteiger partial charge is 0.548 e. The van der Waals surface area contributed by atoms with E-state index in [2.05, 4.69) is 22.9 Å². The van der Waals surface area contributed by atoms with E-state index in [4.69, 9.17) is 22.9 Å². The van der Waals surface area contributed by atoms with Crippen molar-refractivity contribution in [3.8, 4) is 0 Å². The van der Waals surface area contributed by atoms with Crippen LogP contribution in [0, 0.1) is 0 Å². The summed E-state index contributed by atoms with van der Waals surface area (Å²) in [5.41, 5.74) is 37.9. The summed E-state index contributed by atoms with van der Waals surface area (Å²) in [4.78, 5) is 79.0. The van der Waals surface area contributed by atoms with E-state index in [1.165, 1.54) is 0 Å². The van der Waals surface area contributed by atoms with Gasteiger partial charge in [0, 0.05) is 25.7 Å². The van der Waals surface area contributed by atoms with E-state index >= 15 is 0 Å². The number of nitrogens with two attached hydrogens (primary N) is 8. The standard InChI is InChI=1S/4C4H8N2O3.2Mg/c4*5-2(4(8)9)1-3(6)7;;/h4*2H,1,5H2,(H2,6,7)(H,8,9);;/q;;;;2*+2/p-4/t4*2-;;/m0000../s1. The Bertz CT molecular complexity index is 674. The van der Waals surface area contributed by atoms with Crippen LogP contribution in [0.3, 0.4) is 0 Å². The fourth-order valence-corrected chi connectivity index (χ4v) is 1.20. The van der Waals surface area contributed by atoms with Crippen LogP contribution in [-0.4, -0.2) is 118 Å². The summed E-state index contributed by atoms with van der Waals surface area (Å²) in [6.45, 7) is 0. The molecule has 0 saturated heterocycles. The van der Waals surface area contributed by atoms with Crippen LogP contribution in [-0.2, 0) is 38.4 Å². The quantitative estimate of drug-likeness (QED) is 0.100. The molecule has 0 aromatic carbocycles. The molecule has 38 heavy (non-hydrogen) atoms. The molecule has 0 aliphatic carbocycles. The predicted molar refractivity (Wildman–Crippen MR) is 119 cm³/mol. The maximum Gasteiger partial charge on any atom is 2.00 e. The van der Waals surface area contributed by atoms with Crippen molar-refractivity contribution in [3.63, 3.8) is 0 Å². The van der Waals surface area contributed by atoms with Gasteiger partial charge in [-0.3, -0.25) is 19.2 Å². The molecule has 0 fully saturated rings. The van der Waals surface area contributed by atoms with Crippen molar-refractivity contribution in [1.82, 2.24) is 0 Å². The van der Waals surface area contributed by atoms with Crippen molar-refractivity contribution in [2.75, 3.05) is 0 Å². The first kappa shape index (κ1) is 48.2. The number of carboxylic acid groups (broad SMARTS) is 4. The van der Waals surface area contributed by atoms with Gasteiger partial charge in [-0.15, -0.1) is 0 Å². The van der Waals surface area contributed by atoms with Crippen molar-refractivity contribution in [3.05, 3.63) is 0 Å². The van der Waals surface area contributed by atoms with E-state index in [0.717, 1.165) is 0 Å². The van der Waals surface area contributed by atoms with Gasteiger partial charge in [0.1, 0.15) is 0 Å². The molecule has 0 aliphatic rings. The third-order valence-electron chi connectivity index (χ3n) is 2.90. The summed E-state index contributed by atoms with van der Waals surface area (Å²) in [5, 5.41) is 39.2. The molecule has 0 aromatic heterocycles. The predicted octanol–water partition coefficient (Wildman–Crippen LogP) is -13.0. The average molecular weight is 573 g/mol. The Kier molecular flexibility index (Phi) is 34.5. The second kappa shape index (κ2) is 27.2. The van der Waals surface area contributed by atoms with Crippen molar-refractivity contribution in [1.29, 1.82) is 0 Å². The van der Waals surface area contributed by atoms with Crippen molar-refractivity contribution in [2.45, 2.75) is 49.9 Å². The Balaban J connectivity index is -0.0000000883.